The predicted octanol–water partition coefficient (Wildman–Crippen LogP) is 3.72. The lowest BCUT2D eigenvalue weighted by Gasteiger charge is -2.04. The minimum absolute atomic E-state index is 0.447. The highest BCUT2D eigenvalue weighted by atomic mass is 35.5. The second kappa shape index (κ2) is 6.90. The lowest BCUT2D eigenvalue weighted by molar-refractivity contribution is 0.114. The zero-order chi connectivity index (χ0) is 14.5. The molecular weight excluding hydrogens is 321 g/mol. The highest BCUT2D eigenvalue weighted by Gasteiger charge is 2.10. The molecule has 0 radical (unpaired) electrons. The minimum Gasteiger partial charge on any atom is -0.290 e. The smallest absolute Gasteiger partial charge is 0.290 e. The van der Waals surface area contributed by atoms with Gasteiger partial charge in [0.25, 0.3) is 0 Å². The number of hydrogen-bond donors (Lipinski definition) is 2. The van der Waals surface area contributed by atoms with Crippen LogP contribution >= 0.6 is 34.5 Å². The van der Waals surface area contributed by atoms with Gasteiger partial charge in [0.2, 0.25) is 0 Å². The van der Waals surface area contributed by atoms with Crippen molar-refractivity contribution in [2.24, 2.45) is 0 Å². The maximum atomic E-state index is 11.3. The van der Waals surface area contributed by atoms with Gasteiger partial charge in [-0.15, -0.1) is 11.3 Å². The molecule has 20 heavy (non-hydrogen) atoms. The molecule has 1 aromatic carbocycles. The van der Waals surface area contributed by atoms with Gasteiger partial charge in [0.1, 0.15) is 5.82 Å². The molecule has 1 heterocycles. The van der Waals surface area contributed by atoms with Gasteiger partial charge in [-0.2, -0.15) is 0 Å². The van der Waals surface area contributed by atoms with Crippen LogP contribution in [0.3, 0.4) is 0 Å². The van der Waals surface area contributed by atoms with Gasteiger partial charge in [-0.05, 0) is 17.7 Å². The molecule has 2 amide bonds. The summed E-state index contributed by atoms with van der Waals surface area (Å²) >= 11 is 13.6. The molecule has 1 aromatic heterocycles. The summed E-state index contributed by atoms with van der Waals surface area (Å²) in [5, 5.41) is 6.26. The summed E-state index contributed by atoms with van der Waals surface area (Å²) in [4.78, 5) is 20.0. The average molecular weight is 332 g/mol. The Kier molecular flexibility index (Phi) is 5.19. The van der Waals surface area contributed by atoms with Crippen LogP contribution in [-0.2, 0) is 11.3 Å². The SMILES string of the molecule is CONC(=O)Nc1csc(Cc2c(Cl)cccc2Cl)n1. The first-order valence-electron chi connectivity index (χ1n) is 5.57. The fourth-order valence-electron chi connectivity index (χ4n) is 1.54. The summed E-state index contributed by atoms with van der Waals surface area (Å²) in [6, 6.07) is 4.86. The quantitative estimate of drug-likeness (QED) is 0.839. The number of benzene rings is 1. The molecule has 0 unspecified atom stereocenters. The van der Waals surface area contributed by atoms with Gasteiger partial charge in [0.15, 0.2) is 0 Å². The van der Waals surface area contributed by atoms with Crippen LogP contribution in [0, 0.1) is 0 Å². The number of anilines is 1. The number of carbonyl (C=O) groups excluding carboxylic acids is 1. The van der Waals surface area contributed by atoms with Crippen molar-refractivity contribution in [2.45, 2.75) is 6.42 Å². The minimum atomic E-state index is -0.486. The van der Waals surface area contributed by atoms with E-state index in [-0.39, 0.29) is 0 Å². The van der Waals surface area contributed by atoms with Crippen LogP contribution in [0.15, 0.2) is 23.6 Å². The van der Waals surface area contributed by atoms with Crippen molar-refractivity contribution in [1.29, 1.82) is 0 Å². The first-order chi connectivity index (χ1) is 9.60. The van der Waals surface area contributed by atoms with Crippen LogP contribution in [0.4, 0.5) is 10.6 Å². The zero-order valence-corrected chi connectivity index (χ0v) is 12.8. The van der Waals surface area contributed by atoms with Crippen molar-refractivity contribution >= 4 is 46.4 Å². The van der Waals surface area contributed by atoms with Gasteiger partial charge >= 0.3 is 6.03 Å². The van der Waals surface area contributed by atoms with Crippen molar-refractivity contribution in [3.63, 3.8) is 0 Å². The Hall–Kier alpha value is -1.34. The fourth-order valence-corrected chi connectivity index (χ4v) is 2.81. The molecular formula is C12H11Cl2N3O2S. The van der Waals surface area contributed by atoms with E-state index < -0.39 is 6.03 Å². The zero-order valence-electron chi connectivity index (χ0n) is 10.4. The number of nitrogens with one attached hydrogen (secondary N) is 2. The summed E-state index contributed by atoms with van der Waals surface area (Å²) in [6.07, 6.45) is 0.511. The van der Waals surface area contributed by atoms with Crippen molar-refractivity contribution in [3.8, 4) is 0 Å². The van der Waals surface area contributed by atoms with E-state index in [0.717, 1.165) is 10.6 Å². The molecule has 0 atom stereocenters. The number of nitrogens with zero attached hydrogens (tertiary/aromatic N) is 1. The number of aromatic nitrogens is 1. The third-order valence-corrected chi connectivity index (χ3v) is 3.93. The van der Waals surface area contributed by atoms with E-state index in [1.165, 1.54) is 18.4 Å². The molecule has 0 spiro atoms. The van der Waals surface area contributed by atoms with Gasteiger partial charge in [-0.1, -0.05) is 29.3 Å². The van der Waals surface area contributed by atoms with Crippen molar-refractivity contribution < 1.29 is 9.63 Å². The van der Waals surface area contributed by atoms with Crippen LogP contribution < -0.4 is 10.8 Å². The van der Waals surface area contributed by atoms with Crippen LogP contribution in [0.5, 0.6) is 0 Å². The highest BCUT2D eigenvalue weighted by Crippen LogP contribution is 2.28. The summed E-state index contributed by atoms with van der Waals surface area (Å²) < 4.78 is 0. The number of halogens is 2. The largest absolute Gasteiger partial charge is 0.344 e. The molecule has 2 aromatic rings. The van der Waals surface area contributed by atoms with Gasteiger partial charge in [0.05, 0.1) is 12.1 Å². The van der Waals surface area contributed by atoms with Crippen molar-refractivity contribution in [1.82, 2.24) is 10.5 Å². The fraction of sp³-hybridized carbons (Fsp3) is 0.167. The van der Waals surface area contributed by atoms with Crippen LogP contribution in [0.1, 0.15) is 10.6 Å². The highest BCUT2D eigenvalue weighted by molar-refractivity contribution is 7.10. The van der Waals surface area contributed by atoms with E-state index in [4.69, 9.17) is 23.2 Å². The Morgan fingerprint density at radius 2 is 2.10 bits per heavy atom. The van der Waals surface area contributed by atoms with Crippen molar-refractivity contribution in [3.05, 3.63) is 44.2 Å². The third kappa shape index (κ3) is 3.83. The molecule has 5 nitrogen and oxygen atoms in total. The summed E-state index contributed by atoms with van der Waals surface area (Å²) in [7, 11) is 1.35. The second-order valence-corrected chi connectivity index (χ2v) is 5.52. The van der Waals surface area contributed by atoms with E-state index in [1.807, 2.05) is 0 Å². The van der Waals surface area contributed by atoms with Crippen LogP contribution in [0.2, 0.25) is 10.0 Å². The molecule has 0 aliphatic carbocycles. The van der Waals surface area contributed by atoms with E-state index in [9.17, 15) is 4.79 Å². The number of hydroxylamine groups is 1. The first kappa shape index (κ1) is 15.1. The number of carbonyl (C=O) groups is 1. The number of thiazole rings is 1. The maximum absolute atomic E-state index is 11.3. The Morgan fingerprint density at radius 3 is 2.75 bits per heavy atom. The molecule has 106 valence electrons. The van der Waals surface area contributed by atoms with Gasteiger partial charge in [-0.25, -0.2) is 15.3 Å². The molecule has 0 aliphatic rings. The van der Waals surface area contributed by atoms with Gasteiger partial charge in [0, 0.05) is 21.8 Å². The van der Waals surface area contributed by atoms with E-state index in [0.29, 0.717) is 22.3 Å². The summed E-state index contributed by atoms with van der Waals surface area (Å²) in [5.41, 5.74) is 2.96. The summed E-state index contributed by atoms with van der Waals surface area (Å²) in [6.45, 7) is 0. The predicted molar refractivity (Wildman–Crippen MR) is 80.5 cm³/mol. The van der Waals surface area contributed by atoms with E-state index in [2.05, 4.69) is 20.6 Å². The number of hydrogen-bond acceptors (Lipinski definition) is 4. The topological polar surface area (TPSA) is 63.2 Å². The van der Waals surface area contributed by atoms with Gasteiger partial charge < -0.3 is 0 Å². The monoisotopic (exact) mass is 331 g/mol. The molecule has 0 aliphatic heterocycles. The first-order valence-corrected chi connectivity index (χ1v) is 7.21. The third-order valence-electron chi connectivity index (χ3n) is 2.38. The maximum Gasteiger partial charge on any atom is 0.344 e. The average Bonchev–Trinajstić information content (AvgIpc) is 2.82. The van der Waals surface area contributed by atoms with Crippen LogP contribution in [-0.4, -0.2) is 18.1 Å². The number of urea groups is 1. The van der Waals surface area contributed by atoms with E-state index >= 15 is 0 Å². The second-order valence-electron chi connectivity index (χ2n) is 3.76. The molecule has 8 heteroatoms. The van der Waals surface area contributed by atoms with Crippen molar-refractivity contribution in [2.75, 3.05) is 12.4 Å². The molecule has 0 saturated carbocycles. The summed E-state index contributed by atoms with van der Waals surface area (Å²) in [5.74, 6) is 0.447. The normalized spacial score (nSPS) is 10.3. The lowest BCUT2D eigenvalue weighted by atomic mass is 10.1. The Morgan fingerprint density at radius 1 is 1.40 bits per heavy atom. The van der Waals surface area contributed by atoms with Crippen LogP contribution in [0.25, 0.3) is 0 Å². The number of amides is 2. The molecule has 0 bridgehead atoms. The van der Waals surface area contributed by atoms with E-state index in [1.54, 1.807) is 23.6 Å². The van der Waals surface area contributed by atoms with Gasteiger partial charge in [-0.3, -0.25) is 10.2 Å². The molecule has 2 rings (SSSR count). The number of rotatable bonds is 4. The Bertz CT molecular complexity index is 598. The lowest BCUT2D eigenvalue weighted by Crippen LogP contribution is -2.27. The molecule has 0 saturated heterocycles. The Labute approximate surface area is 129 Å². The molecule has 0 fully saturated rings. The standard InChI is InChI=1S/C12H11Cl2N3O2S/c1-19-17-12(18)16-10-6-20-11(15-10)5-7-8(13)3-2-4-9(7)14/h2-4,6H,5H2,1H3,(H2,16,17,18). The Balaban J connectivity index is 2.08. The molecule has 2 N–H and O–H groups in total.